The fourth-order valence-corrected chi connectivity index (χ4v) is 4.88. The highest BCUT2D eigenvalue weighted by Gasteiger charge is 2.19. The Hall–Kier alpha value is -2.85. The molecule has 0 aliphatic carbocycles. The van der Waals surface area contributed by atoms with Crippen molar-refractivity contribution in [1.29, 1.82) is 0 Å². The zero-order valence-electron chi connectivity index (χ0n) is 21.5. The maximum atomic E-state index is 13.1. The first-order valence-corrected chi connectivity index (χ1v) is 14.1. The van der Waals surface area contributed by atoms with Crippen LogP contribution in [0.2, 0.25) is 0 Å². The van der Waals surface area contributed by atoms with Crippen LogP contribution in [-0.4, -0.2) is 52.2 Å². The van der Waals surface area contributed by atoms with Gasteiger partial charge in [0.1, 0.15) is 11.6 Å². The molecule has 1 aromatic heterocycles. The van der Waals surface area contributed by atoms with Crippen LogP contribution in [0.5, 0.6) is 5.75 Å². The van der Waals surface area contributed by atoms with Gasteiger partial charge in [0.2, 0.25) is 11.1 Å². The van der Waals surface area contributed by atoms with Gasteiger partial charge >= 0.3 is 0 Å². The van der Waals surface area contributed by atoms with Crippen LogP contribution in [-0.2, 0) is 20.1 Å². The second-order valence-electron chi connectivity index (χ2n) is 8.91. The van der Waals surface area contributed by atoms with Crippen molar-refractivity contribution in [3.8, 4) is 17.1 Å². The monoisotopic (exact) mass is 525 g/mol. The Bertz CT molecular complexity index is 1300. The van der Waals surface area contributed by atoms with Gasteiger partial charge in [-0.3, -0.25) is 4.79 Å². The van der Waals surface area contributed by atoms with E-state index in [9.17, 15) is 9.00 Å². The quantitative estimate of drug-likeness (QED) is 0.323. The highest BCUT2D eigenvalue weighted by atomic mass is 32.2. The minimum Gasteiger partial charge on any atom is -0.493 e. The molecule has 1 saturated heterocycles. The number of fused-ring (bicyclic) bond motifs is 1. The Morgan fingerprint density at radius 3 is 2.76 bits per heavy atom. The average molecular weight is 526 g/mol. The normalized spacial score (nSPS) is 15.4. The molecule has 9 heteroatoms. The number of ether oxygens (including phenoxy) is 2. The zero-order chi connectivity index (χ0) is 26.0. The predicted octanol–water partition coefficient (Wildman–Crippen LogP) is 5.26. The second kappa shape index (κ2) is 13.6. The van der Waals surface area contributed by atoms with Crippen molar-refractivity contribution in [2.45, 2.75) is 50.8 Å². The molecule has 0 spiro atoms. The number of rotatable bonds is 12. The number of aromatic amines is 1. The number of benzene rings is 2. The minimum atomic E-state index is -1.74. The molecule has 1 fully saturated rings. The molecule has 1 unspecified atom stereocenters. The summed E-state index contributed by atoms with van der Waals surface area (Å²) in [6.45, 7) is 6.87. The maximum absolute atomic E-state index is 13.1. The van der Waals surface area contributed by atoms with E-state index in [1.54, 1.807) is 29.3 Å². The van der Waals surface area contributed by atoms with Gasteiger partial charge in [0.25, 0.3) is 5.56 Å². The van der Waals surface area contributed by atoms with Crippen molar-refractivity contribution in [3.63, 3.8) is 0 Å². The van der Waals surface area contributed by atoms with Crippen molar-refractivity contribution in [1.82, 2.24) is 15.0 Å². The van der Waals surface area contributed by atoms with Crippen LogP contribution in [0.3, 0.4) is 0 Å². The summed E-state index contributed by atoms with van der Waals surface area (Å²) in [4.78, 5) is 21.3. The van der Waals surface area contributed by atoms with Gasteiger partial charge in [-0.15, -0.1) is 0 Å². The molecule has 1 N–H and O–H groups in total. The molecule has 198 valence electrons. The third-order valence-corrected chi connectivity index (χ3v) is 7.03. The molecule has 37 heavy (non-hydrogen) atoms. The SMILES string of the molecule is CCCCCC=Cc1cccc2c(=O)[nH]c(-c3cc(S(=O)ON4CCOCC4)ccc3OCCC)nc12. The van der Waals surface area contributed by atoms with Gasteiger partial charge in [0.15, 0.2) is 0 Å². The molecule has 3 aromatic rings. The Kier molecular flexibility index (Phi) is 10.0. The van der Waals surface area contributed by atoms with E-state index >= 15 is 0 Å². The van der Waals surface area contributed by atoms with Crippen molar-refractivity contribution in [2.24, 2.45) is 0 Å². The number of para-hydroxylation sites is 1. The standard InChI is InChI=1S/C28H35N3O5S/c1-3-5-6-7-8-10-21-11-9-12-23-26(21)29-27(30-28(23)32)24-20-22(13-14-25(24)35-17-4-2)37(33)36-31-15-18-34-19-16-31/h8-14,20H,3-7,15-19H2,1-2H3,(H,29,30,32). The largest absolute Gasteiger partial charge is 0.493 e. The summed E-state index contributed by atoms with van der Waals surface area (Å²) in [6, 6.07) is 10.8. The van der Waals surface area contributed by atoms with E-state index in [4.69, 9.17) is 18.7 Å². The number of aromatic nitrogens is 2. The molecule has 2 aromatic carbocycles. The van der Waals surface area contributed by atoms with Gasteiger partial charge in [-0.1, -0.05) is 51.0 Å². The number of allylic oxidation sites excluding steroid dienone is 1. The van der Waals surface area contributed by atoms with E-state index in [0.29, 0.717) is 65.8 Å². The Morgan fingerprint density at radius 1 is 1.14 bits per heavy atom. The number of morpholine rings is 1. The van der Waals surface area contributed by atoms with E-state index in [-0.39, 0.29) is 5.56 Å². The Labute approximate surface area is 220 Å². The molecular weight excluding hydrogens is 490 g/mol. The van der Waals surface area contributed by atoms with Crippen molar-refractivity contribution >= 4 is 28.1 Å². The molecule has 8 nitrogen and oxygen atoms in total. The van der Waals surface area contributed by atoms with E-state index in [1.165, 1.54) is 12.8 Å². The number of hydrogen-bond donors (Lipinski definition) is 1. The van der Waals surface area contributed by atoms with Crippen molar-refractivity contribution in [2.75, 3.05) is 32.9 Å². The van der Waals surface area contributed by atoms with Gasteiger partial charge in [-0.2, -0.15) is 9.35 Å². The van der Waals surface area contributed by atoms with Gasteiger partial charge in [-0.25, -0.2) is 9.19 Å². The second-order valence-corrected chi connectivity index (χ2v) is 10.0. The molecule has 1 aliphatic rings. The molecule has 2 heterocycles. The van der Waals surface area contributed by atoms with Gasteiger partial charge < -0.3 is 14.5 Å². The molecular formula is C28H35N3O5S. The molecule has 0 amide bonds. The summed E-state index contributed by atoms with van der Waals surface area (Å²) >= 11 is -1.74. The summed E-state index contributed by atoms with van der Waals surface area (Å²) in [5.74, 6) is 0.921. The fourth-order valence-electron chi connectivity index (χ4n) is 4.06. The van der Waals surface area contributed by atoms with Crippen LogP contribution in [0, 0.1) is 0 Å². The molecule has 1 atom stereocenters. The van der Waals surface area contributed by atoms with Crippen LogP contribution in [0.1, 0.15) is 51.5 Å². The first-order valence-electron chi connectivity index (χ1n) is 13.0. The maximum Gasteiger partial charge on any atom is 0.259 e. The van der Waals surface area contributed by atoms with Crippen molar-refractivity contribution in [3.05, 3.63) is 58.4 Å². The van der Waals surface area contributed by atoms with E-state index < -0.39 is 11.1 Å². The molecule has 0 bridgehead atoms. The van der Waals surface area contributed by atoms with Gasteiger partial charge in [0.05, 0.1) is 41.2 Å². The Morgan fingerprint density at radius 2 is 1.97 bits per heavy atom. The number of hydrogen-bond acceptors (Lipinski definition) is 7. The lowest BCUT2D eigenvalue weighted by molar-refractivity contribution is -0.109. The number of nitrogens with zero attached hydrogens (tertiary/aromatic N) is 2. The molecule has 1 aliphatic heterocycles. The number of nitrogens with one attached hydrogen (secondary N) is 1. The van der Waals surface area contributed by atoms with Gasteiger partial charge in [0, 0.05) is 18.7 Å². The van der Waals surface area contributed by atoms with E-state index in [2.05, 4.69) is 18.0 Å². The summed E-state index contributed by atoms with van der Waals surface area (Å²) in [7, 11) is 0. The summed E-state index contributed by atoms with van der Waals surface area (Å²) in [5.41, 5.74) is 1.82. The summed E-state index contributed by atoms with van der Waals surface area (Å²) in [5, 5.41) is 2.17. The highest BCUT2D eigenvalue weighted by molar-refractivity contribution is 7.80. The molecule has 0 radical (unpaired) electrons. The topological polar surface area (TPSA) is 93.8 Å². The first kappa shape index (κ1) is 27.2. The van der Waals surface area contributed by atoms with E-state index in [1.807, 2.05) is 25.1 Å². The summed E-state index contributed by atoms with van der Waals surface area (Å²) in [6.07, 6.45) is 9.46. The third-order valence-electron chi connectivity index (χ3n) is 6.04. The lowest BCUT2D eigenvalue weighted by atomic mass is 10.1. The highest BCUT2D eigenvalue weighted by Crippen LogP contribution is 2.31. The van der Waals surface area contributed by atoms with Crippen molar-refractivity contribution < 1.29 is 18.0 Å². The van der Waals surface area contributed by atoms with E-state index in [0.717, 1.165) is 24.8 Å². The molecule has 4 rings (SSSR count). The predicted molar refractivity (Wildman–Crippen MR) is 147 cm³/mol. The number of H-pyrrole nitrogens is 1. The fraction of sp³-hybridized carbons (Fsp3) is 0.429. The minimum absolute atomic E-state index is 0.237. The van der Waals surface area contributed by atoms with Gasteiger partial charge in [-0.05, 0) is 43.5 Å². The summed E-state index contributed by atoms with van der Waals surface area (Å²) < 4.78 is 30.0. The van der Waals surface area contributed by atoms with Crippen LogP contribution >= 0.6 is 0 Å². The average Bonchev–Trinajstić information content (AvgIpc) is 2.92. The van der Waals surface area contributed by atoms with Crippen LogP contribution in [0.4, 0.5) is 0 Å². The van der Waals surface area contributed by atoms with Crippen LogP contribution < -0.4 is 10.3 Å². The van der Waals surface area contributed by atoms with Crippen LogP contribution in [0.15, 0.2) is 52.2 Å². The van der Waals surface area contributed by atoms with Crippen LogP contribution in [0.25, 0.3) is 28.4 Å². The number of unbranched alkanes of at least 4 members (excludes halogenated alkanes) is 3. The Balaban J connectivity index is 1.71. The lowest BCUT2D eigenvalue weighted by Crippen LogP contribution is -2.36. The number of hydroxylamine groups is 2. The third kappa shape index (κ3) is 7.13. The lowest BCUT2D eigenvalue weighted by Gasteiger charge is -2.24. The smallest absolute Gasteiger partial charge is 0.259 e. The first-order chi connectivity index (χ1) is 18.1. The zero-order valence-corrected chi connectivity index (χ0v) is 22.4. The molecule has 0 saturated carbocycles.